The van der Waals surface area contributed by atoms with Crippen molar-refractivity contribution in [3.8, 4) is 5.82 Å². The van der Waals surface area contributed by atoms with Crippen LogP contribution >= 0.6 is 0 Å². The maximum absolute atomic E-state index is 9.69. The van der Waals surface area contributed by atoms with Crippen LogP contribution < -0.4 is 4.90 Å². The standard InChI is InChI=1S/C12H15N5O/c18-10-3-1-5-16(9-10)11-7-13-8-12(15-11)17-6-2-4-14-17/h2,4,6-8,10,18H,1,3,5,9H2. The molecule has 1 aliphatic rings. The summed E-state index contributed by atoms with van der Waals surface area (Å²) in [5, 5.41) is 13.8. The van der Waals surface area contributed by atoms with E-state index in [4.69, 9.17) is 0 Å². The zero-order valence-electron chi connectivity index (χ0n) is 9.98. The third-order valence-electron chi connectivity index (χ3n) is 3.07. The molecule has 1 unspecified atom stereocenters. The molecule has 2 aromatic rings. The van der Waals surface area contributed by atoms with Gasteiger partial charge in [-0.2, -0.15) is 5.10 Å². The molecule has 0 bridgehead atoms. The molecule has 3 heterocycles. The van der Waals surface area contributed by atoms with E-state index in [0.717, 1.165) is 25.2 Å². The van der Waals surface area contributed by atoms with E-state index >= 15 is 0 Å². The van der Waals surface area contributed by atoms with Gasteiger partial charge in [-0.25, -0.2) is 9.67 Å². The van der Waals surface area contributed by atoms with Crippen molar-refractivity contribution in [3.05, 3.63) is 30.9 Å². The van der Waals surface area contributed by atoms with E-state index in [9.17, 15) is 5.11 Å². The monoisotopic (exact) mass is 245 g/mol. The fourth-order valence-electron chi connectivity index (χ4n) is 2.18. The van der Waals surface area contributed by atoms with Crippen LogP contribution in [-0.2, 0) is 0 Å². The lowest BCUT2D eigenvalue weighted by Gasteiger charge is -2.30. The van der Waals surface area contributed by atoms with Gasteiger partial charge in [-0.3, -0.25) is 4.98 Å². The summed E-state index contributed by atoms with van der Waals surface area (Å²) in [5.74, 6) is 1.49. The van der Waals surface area contributed by atoms with Crippen molar-refractivity contribution in [1.82, 2.24) is 19.7 Å². The summed E-state index contributed by atoms with van der Waals surface area (Å²) in [4.78, 5) is 10.8. The molecule has 6 heteroatoms. The topological polar surface area (TPSA) is 67.1 Å². The number of aliphatic hydroxyl groups excluding tert-OH is 1. The van der Waals surface area contributed by atoms with Crippen LogP contribution in [0.1, 0.15) is 12.8 Å². The highest BCUT2D eigenvalue weighted by Crippen LogP contribution is 2.17. The normalized spacial score (nSPS) is 20.1. The highest BCUT2D eigenvalue weighted by molar-refractivity contribution is 5.39. The molecule has 0 aliphatic carbocycles. The number of piperidine rings is 1. The third-order valence-corrected chi connectivity index (χ3v) is 3.07. The van der Waals surface area contributed by atoms with E-state index in [1.54, 1.807) is 23.3 Å². The molecule has 0 amide bonds. The molecule has 1 atom stereocenters. The lowest BCUT2D eigenvalue weighted by Crippen LogP contribution is -2.38. The minimum Gasteiger partial charge on any atom is -0.391 e. The van der Waals surface area contributed by atoms with Gasteiger partial charge in [0, 0.05) is 25.5 Å². The van der Waals surface area contributed by atoms with Gasteiger partial charge in [0.2, 0.25) is 0 Å². The third kappa shape index (κ3) is 2.19. The average Bonchev–Trinajstić information content (AvgIpc) is 2.93. The highest BCUT2D eigenvalue weighted by atomic mass is 16.3. The fourth-order valence-corrected chi connectivity index (χ4v) is 2.18. The largest absolute Gasteiger partial charge is 0.391 e. The Morgan fingerprint density at radius 2 is 2.17 bits per heavy atom. The molecule has 2 aromatic heterocycles. The molecule has 94 valence electrons. The zero-order chi connectivity index (χ0) is 12.4. The van der Waals surface area contributed by atoms with Crippen LogP contribution in [0, 0.1) is 0 Å². The number of aromatic nitrogens is 4. The second-order valence-corrected chi connectivity index (χ2v) is 4.43. The summed E-state index contributed by atoms with van der Waals surface area (Å²) in [6.07, 6.45) is 8.52. The van der Waals surface area contributed by atoms with E-state index in [1.807, 2.05) is 12.3 Å². The molecular weight excluding hydrogens is 230 g/mol. The average molecular weight is 245 g/mol. The molecule has 1 aliphatic heterocycles. The Morgan fingerprint density at radius 1 is 1.28 bits per heavy atom. The second kappa shape index (κ2) is 4.73. The Hall–Kier alpha value is -1.95. The Kier molecular flexibility index (Phi) is 2.93. The smallest absolute Gasteiger partial charge is 0.173 e. The number of nitrogens with zero attached hydrogens (tertiary/aromatic N) is 5. The first kappa shape index (κ1) is 11.2. The fraction of sp³-hybridized carbons (Fsp3) is 0.417. The van der Waals surface area contributed by atoms with E-state index in [-0.39, 0.29) is 6.10 Å². The summed E-state index contributed by atoms with van der Waals surface area (Å²) in [7, 11) is 0. The molecule has 0 aromatic carbocycles. The summed E-state index contributed by atoms with van der Waals surface area (Å²) in [6.45, 7) is 1.53. The van der Waals surface area contributed by atoms with Gasteiger partial charge < -0.3 is 10.0 Å². The minimum atomic E-state index is -0.270. The first-order chi connectivity index (χ1) is 8.83. The Morgan fingerprint density at radius 3 is 2.94 bits per heavy atom. The zero-order valence-corrected chi connectivity index (χ0v) is 9.98. The second-order valence-electron chi connectivity index (χ2n) is 4.43. The maximum Gasteiger partial charge on any atom is 0.173 e. The first-order valence-corrected chi connectivity index (χ1v) is 6.08. The van der Waals surface area contributed by atoms with Crippen LogP contribution in [0.2, 0.25) is 0 Å². The Labute approximate surface area is 105 Å². The van der Waals surface area contributed by atoms with Gasteiger partial charge >= 0.3 is 0 Å². The van der Waals surface area contributed by atoms with Gasteiger partial charge in [0.05, 0.1) is 18.5 Å². The highest BCUT2D eigenvalue weighted by Gasteiger charge is 2.19. The van der Waals surface area contributed by atoms with E-state index in [1.165, 1.54) is 0 Å². The van der Waals surface area contributed by atoms with Gasteiger partial charge in [-0.05, 0) is 18.9 Å². The molecule has 1 fully saturated rings. The number of hydrogen-bond acceptors (Lipinski definition) is 5. The van der Waals surface area contributed by atoms with Crippen LogP contribution in [0.5, 0.6) is 0 Å². The van der Waals surface area contributed by atoms with Crippen LogP contribution in [0.4, 0.5) is 5.82 Å². The van der Waals surface area contributed by atoms with Crippen molar-refractivity contribution < 1.29 is 5.11 Å². The van der Waals surface area contributed by atoms with E-state index in [0.29, 0.717) is 12.4 Å². The number of anilines is 1. The van der Waals surface area contributed by atoms with Gasteiger partial charge in [0.1, 0.15) is 5.82 Å². The molecule has 3 rings (SSSR count). The summed E-state index contributed by atoms with van der Waals surface area (Å²) in [5.41, 5.74) is 0. The molecule has 1 N–H and O–H groups in total. The predicted octanol–water partition coefficient (Wildman–Crippen LogP) is 0.623. The van der Waals surface area contributed by atoms with Crippen LogP contribution in [0.25, 0.3) is 5.82 Å². The lowest BCUT2D eigenvalue weighted by atomic mass is 10.1. The number of rotatable bonds is 2. The lowest BCUT2D eigenvalue weighted by molar-refractivity contribution is 0.154. The summed E-state index contributed by atoms with van der Waals surface area (Å²) in [6, 6.07) is 1.85. The van der Waals surface area contributed by atoms with Crippen LogP contribution in [0.3, 0.4) is 0 Å². The quantitative estimate of drug-likeness (QED) is 0.840. The minimum absolute atomic E-state index is 0.270. The molecule has 1 saturated heterocycles. The predicted molar refractivity (Wildman–Crippen MR) is 66.6 cm³/mol. The van der Waals surface area contributed by atoms with Gasteiger partial charge in [0.15, 0.2) is 5.82 Å². The van der Waals surface area contributed by atoms with Crippen molar-refractivity contribution in [2.24, 2.45) is 0 Å². The number of β-amino-alcohol motifs (C(OH)–C–C–N with tert-alkyl or cyclic N) is 1. The molecule has 0 saturated carbocycles. The van der Waals surface area contributed by atoms with Crippen molar-refractivity contribution in [2.45, 2.75) is 18.9 Å². The van der Waals surface area contributed by atoms with Crippen LogP contribution in [-0.4, -0.2) is 44.0 Å². The van der Waals surface area contributed by atoms with Crippen molar-refractivity contribution in [2.75, 3.05) is 18.0 Å². The SMILES string of the molecule is OC1CCCN(c2cncc(-n3cccn3)n2)C1. The van der Waals surface area contributed by atoms with Crippen molar-refractivity contribution >= 4 is 5.82 Å². The van der Waals surface area contributed by atoms with Gasteiger partial charge in [-0.15, -0.1) is 0 Å². The van der Waals surface area contributed by atoms with Gasteiger partial charge in [-0.1, -0.05) is 0 Å². The number of hydrogen-bond donors (Lipinski definition) is 1. The maximum atomic E-state index is 9.69. The van der Waals surface area contributed by atoms with Crippen molar-refractivity contribution in [1.29, 1.82) is 0 Å². The molecule has 6 nitrogen and oxygen atoms in total. The molecule has 0 radical (unpaired) electrons. The van der Waals surface area contributed by atoms with E-state index < -0.39 is 0 Å². The summed E-state index contributed by atoms with van der Waals surface area (Å²) < 4.78 is 1.68. The molecule has 18 heavy (non-hydrogen) atoms. The van der Waals surface area contributed by atoms with Crippen molar-refractivity contribution in [3.63, 3.8) is 0 Å². The number of aliphatic hydroxyl groups is 1. The Balaban J connectivity index is 1.86. The molecular formula is C12H15N5O. The molecule has 0 spiro atoms. The summed E-state index contributed by atoms with van der Waals surface area (Å²) >= 11 is 0. The first-order valence-electron chi connectivity index (χ1n) is 6.08. The van der Waals surface area contributed by atoms with E-state index in [2.05, 4.69) is 20.0 Å². The van der Waals surface area contributed by atoms with Crippen LogP contribution in [0.15, 0.2) is 30.9 Å². The van der Waals surface area contributed by atoms with Gasteiger partial charge in [0.25, 0.3) is 0 Å². The Bertz CT molecular complexity index is 513.